The SMILES string of the molecule is O=C(CN1C(=O)COc2ccccc21)Nc1nc(-c2cc(Cl)sc2Cl)cs1. The Balaban J connectivity index is 1.48. The van der Waals surface area contributed by atoms with E-state index in [2.05, 4.69) is 10.3 Å². The Hall–Kier alpha value is -2.13. The number of halogens is 2. The molecule has 0 aliphatic carbocycles. The molecule has 0 radical (unpaired) electrons. The first kappa shape index (κ1) is 18.2. The third kappa shape index (κ3) is 3.79. The van der Waals surface area contributed by atoms with Gasteiger partial charge in [-0.2, -0.15) is 0 Å². The Morgan fingerprint density at radius 3 is 2.93 bits per heavy atom. The van der Waals surface area contributed by atoms with Gasteiger partial charge >= 0.3 is 0 Å². The zero-order valence-corrected chi connectivity index (χ0v) is 16.7. The average Bonchev–Trinajstić information content (AvgIpc) is 3.23. The minimum atomic E-state index is -0.351. The second-order valence-electron chi connectivity index (χ2n) is 5.56. The lowest BCUT2D eigenvalue weighted by atomic mass is 10.2. The van der Waals surface area contributed by atoms with Gasteiger partial charge in [-0.25, -0.2) is 4.98 Å². The van der Waals surface area contributed by atoms with Crippen molar-refractivity contribution in [2.24, 2.45) is 0 Å². The molecule has 0 fully saturated rings. The van der Waals surface area contributed by atoms with Gasteiger partial charge in [0.15, 0.2) is 11.7 Å². The summed E-state index contributed by atoms with van der Waals surface area (Å²) in [4.78, 5) is 30.4. The molecule has 0 bridgehead atoms. The molecule has 3 aromatic rings. The summed E-state index contributed by atoms with van der Waals surface area (Å²) in [6.07, 6.45) is 0. The number of amides is 2. The molecule has 1 aromatic carbocycles. The van der Waals surface area contributed by atoms with Gasteiger partial charge in [-0.1, -0.05) is 35.3 Å². The van der Waals surface area contributed by atoms with Crippen LogP contribution in [-0.2, 0) is 9.59 Å². The lowest BCUT2D eigenvalue weighted by molar-refractivity contribution is -0.123. The second-order valence-corrected chi connectivity index (χ2v) is 8.70. The number of nitrogens with zero attached hydrogens (tertiary/aromatic N) is 2. The minimum absolute atomic E-state index is 0.0941. The van der Waals surface area contributed by atoms with E-state index in [1.807, 2.05) is 6.07 Å². The average molecular weight is 440 g/mol. The third-order valence-corrected chi connectivity index (χ3v) is 6.04. The van der Waals surface area contributed by atoms with Gasteiger partial charge < -0.3 is 10.1 Å². The molecule has 138 valence electrons. The van der Waals surface area contributed by atoms with Gasteiger partial charge in [0.25, 0.3) is 5.91 Å². The van der Waals surface area contributed by atoms with Crippen LogP contribution in [0.3, 0.4) is 0 Å². The van der Waals surface area contributed by atoms with Crippen molar-refractivity contribution in [2.45, 2.75) is 0 Å². The van der Waals surface area contributed by atoms with Crippen LogP contribution in [0.2, 0.25) is 8.67 Å². The maximum atomic E-state index is 12.4. The number of thiazole rings is 1. The fourth-order valence-electron chi connectivity index (χ4n) is 2.60. The van der Waals surface area contributed by atoms with Gasteiger partial charge in [0.05, 0.1) is 15.7 Å². The summed E-state index contributed by atoms with van der Waals surface area (Å²) < 4.78 is 6.48. The second kappa shape index (κ2) is 7.47. The van der Waals surface area contributed by atoms with Crippen LogP contribution in [0.4, 0.5) is 10.8 Å². The van der Waals surface area contributed by atoms with Crippen LogP contribution < -0.4 is 15.0 Å². The lowest BCUT2D eigenvalue weighted by Gasteiger charge is -2.28. The minimum Gasteiger partial charge on any atom is -0.482 e. The molecule has 0 spiro atoms. The first-order valence-electron chi connectivity index (χ1n) is 7.74. The van der Waals surface area contributed by atoms with Gasteiger partial charge in [-0.15, -0.1) is 22.7 Å². The number of nitrogens with one attached hydrogen (secondary N) is 1. The Morgan fingerprint density at radius 2 is 2.15 bits per heavy atom. The van der Waals surface area contributed by atoms with Crippen LogP contribution >= 0.6 is 45.9 Å². The number of anilines is 2. The maximum Gasteiger partial charge on any atom is 0.265 e. The highest BCUT2D eigenvalue weighted by Crippen LogP contribution is 2.39. The predicted molar refractivity (Wildman–Crippen MR) is 108 cm³/mol. The summed E-state index contributed by atoms with van der Waals surface area (Å²) in [6, 6.07) is 8.83. The number of fused-ring (bicyclic) bond motifs is 1. The van der Waals surface area contributed by atoms with Crippen molar-refractivity contribution < 1.29 is 14.3 Å². The van der Waals surface area contributed by atoms with E-state index in [4.69, 9.17) is 27.9 Å². The number of thiophene rings is 1. The molecule has 10 heteroatoms. The van der Waals surface area contributed by atoms with Crippen LogP contribution in [-0.4, -0.2) is 29.9 Å². The van der Waals surface area contributed by atoms with Crippen molar-refractivity contribution >= 4 is 68.5 Å². The molecule has 0 atom stereocenters. The van der Waals surface area contributed by atoms with Gasteiger partial charge in [-0.3, -0.25) is 14.5 Å². The Kier molecular flexibility index (Phi) is 5.05. The number of para-hydroxylation sites is 2. The van der Waals surface area contributed by atoms with E-state index in [0.717, 1.165) is 5.56 Å². The zero-order valence-electron chi connectivity index (χ0n) is 13.6. The molecular formula is C17H11Cl2N3O3S2. The van der Waals surface area contributed by atoms with E-state index in [-0.39, 0.29) is 25.0 Å². The fourth-order valence-corrected chi connectivity index (χ4v) is 4.81. The molecular weight excluding hydrogens is 429 g/mol. The van der Waals surface area contributed by atoms with Crippen LogP contribution in [0.15, 0.2) is 35.7 Å². The van der Waals surface area contributed by atoms with E-state index >= 15 is 0 Å². The molecule has 0 unspecified atom stereocenters. The van der Waals surface area contributed by atoms with Crippen LogP contribution in [0.25, 0.3) is 11.3 Å². The summed E-state index contributed by atoms with van der Waals surface area (Å²) in [7, 11) is 0. The van der Waals surface area contributed by atoms with Crippen molar-refractivity contribution in [1.82, 2.24) is 4.98 Å². The van der Waals surface area contributed by atoms with E-state index in [9.17, 15) is 9.59 Å². The van der Waals surface area contributed by atoms with Gasteiger partial charge in [0.1, 0.15) is 16.6 Å². The number of ether oxygens (including phenoxy) is 1. The van der Waals surface area contributed by atoms with E-state index in [1.165, 1.54) is 27.6 Å². The van der Waals surface area contributed by atoms with Gasteiger partial charge in [0.2, 0.25) is 5.91 Å². The van der Waals surface area contributed by atoms with Crippen molar-refractivity contribution in [3.8, 4) is 17.0 Å². The Bertz CT molecular complexity index is 1030. The molecule has 27 heavy (non-hydrogen) atoms. The number of carbonyl (C=O) groups is 2. The maximum absolute atomic E-state index is 12.4. The Morgan fingerprint density at radius 1 is 1.33 bits per heavy atom. The smallest absolute Gasteiger partial charge is 0.265 e. The monoisotopic (exact) mass is 439 g/mol. The van der Waals surface area contributed by atoms with E-state index in [0.29, 0.717) is 30.9 Å². The van der Waals surface area contributed by atoms with Crippen molar-refractivity contribution in [3.05, 3.63) is 44.4 Å². The predicted octanol–water partition coefficient (Wildman–Crippen LogP) is 4.54. The normalized spacial score (nSPS) is 13.3. The highest BCUT2D eigenvalue weighted by molar-refractivity contribution is 7.20. The number of carbonyl (C=O) groups excluding carboxylic acids is 2. The molecule has 1 N–H and O–H groups in total. The molecule has 0 saturated carbocycles. The van der Waals surface area contributed by atoms with Gasteiger partial charge in [0, 0.05) is 10.9 Å². The van der Waals surface area contributed by atoms with Crippen LogP contribution in [0.5, 0.6) is 5.75 Å². The molecule has 3 heterocycles. The zero-order chi connectivity index (χ0) is 19.0. The van der Waals surface area contributed by atoms with E-state index in [1.54, 1.807) is 29.6 Å². The third-order valence-electron chi connectivity index (χ3n) is 3.79. The number of hydrogen-bond acceptors (Lipinski definition) is 6. The summed E-state index contributed by atoms with van der Waals surface area (Å²) in [5.74, 6) is -0.0517. The van der Waals surface area contributed by atoms with Crippen molar-refractivity contribution in [3.63, 3.8) is 0 Å². The standard InChI is InChI=1S/C17H11Cl2N3O3S2/c18-13-5-9(16(19)27-13)10-8-26-17(20-10)21-14(23)6-22-11-3-1-2-4-12(11)25-7-15(22)24/h1-5,8H,6-7H2,(H,20,21,23). The van der Waals surface area contributed by atoms with Gasteiger partial charge in [-0.05, 0) is 18.2 Å². The highest BCUT2D eigenvalue weighted by Gasteiger charge is 2.27. The number of rotatable bonds is 4. The Labute approximate surface area is 172 Å². The summed E-state index contributed by atoms with van der Waals surface area (Å²) >= 11 is 14.6. The molecule has 2 amide bonds. The van der Waals surface area contributed by atoms with E-state index < -0.39 is 0 Å². The van der Waals surface area contributed by atoms with Crippen molar-refractivity contribution in [1.29, 1.82) is 0 Å². The number of benzene rings is 1. The van der Waals surface area contributed by atoms with Crippen LogP contribution in [0, 0.1) is 0 Å². The highest BCUT2D eigenvalue weighted by atomic mass is 35.5. The molecule has 1 aliphatic rings. The summed E-state index contributed by atoms with van der Waals surface area (Å²) in [5, 5.41) is 4.92. The lowest BCUT2D eigenvalue weighted by Crippen LogP contribution is -2.43. The summed E-state index contributed by atoms with van der Waals surface area (Å²) in [5.41, 5.74) is 1.93. The number of aromatic nitrogens is 1. The largest absolute Gasteiger partial charge is 0.482 e. The number of hydrogen-bond donors (Lipinski definition) is 1. The first-order valence-corrected chi connectivity index (χ1v) is 10.2. The molecule has 6 nitrogen and oxygen atoms in total. The van der Waals surface area contributed by atoms with Crippen molar-refractivity contribution in [2.75, 3.05) is 23.4 Å². The molecule has 4 rings (SSSR count). The quantitative estimate of drug-likeness (QED) is 0.647. The first-order chi connectivity index (χ1) is 13.0. The van der Waals surface area contributed by atoms with Crippen LogP contribution in [0.1, 0.15) is 0 Å². The summed E-state index contributed by atoms with van der Waals surface area (Å²) in [6.45, 7) is -0.220. The topological polar surface area (TPSA) is 71.5 Å². The molecule has 0 saturated heterocycles. The fraction of sp³-hybridized carbons (Fsp3) is 0.118. The molecule has 1 aliphatic heterocycles. The molecule has 2 aromatic heterocycles.